The Kier molecular flexibility index (Phi) is 5.28. The van der Waals surface area contributed by atoms with E-state index in [9.17, 15) is 4.79 Å². The molecule has 0 spiro atoms. The summed E-state index contributed by atoms with van der Waals surface area (Å²) in [5.74, 6) is 2.17. The van der Waals surface area contributed by atoms with E-state index in [0.717, 1.165) is 38.4 Å². The van der Waals surface area contributed by atoms with Crippen LogP contribution in [0, 0.1) is 0 Å². The van der Waals surface area contributed by atoms with Crippen LogP contribution in [0.3, 0.4) is 0 Å². The maximum Gasteiger partial charge on any atom is 0.274 e. The van der Waals surface area contributed by atoms with Crippen LogP contribution in [0.4, 0.5) is 5.82 Å². The smallest absolute Gasteiger partial charge is 0.274 e. The molecule has 1 amide bonds. The summed E-state index contributed by atoms with van der Waals surface area (Å²) < 4.78 is 5.15. The highest BCUT2D eigenvalue weighted by molar-refractivity contribution is 5.92. The van der Waals surface area contributed by atoms with Gasteiger partial charge in [0, 0.05) is 45.7 Å². The Hall–Kier alpha value is -2.55. The second-order valence-corrected chi connectivity index (χ2v) is 7.00. The van der Waals surface area contributed by atoms with E-state index in [0.29, 0.717) is 37.0 Å². The van der Waals surface area contributed by atoms with Gasteiger partial charge in [0.2, 0.25) is 5.89 Å². The van der Waals surface area contributed by atoms with Gasteiger partial charge in [0.1, 0.15) is 0 Å². The van der Waals surface area contributed by atoms with Gasteiger partial charge in [-0.25, -0.2) is 0 Å². The van der Waals surface area contributed by atoms with Crippen molar-refractivity contribution < 1.29 is 9.32 Å². The van der Waals surface area contributed by atoms with Crippen LogP contribution in [-0.4, -0.2) is 75.3 Å². The zero-order valence-corrected chi connectivity index (χ0v) is 15.7. The van der Waals surface area contributed by atoms with E-state index in [1.54, 1.807) is 6.07 Å². The summed E-state index contributed by atoms with van der Waals surface area (Å²) in [6.07, 6.45) is 3.12. The molecule has 0 aliphatic carbocycles. The lowest BCUT2D eigenvalue weighted by Crippen LogP contribution is -2.48. The van der Waals surface area contributed by atoms with Crippen molar-refractivity contribution in [3.63, 3.8) is 0 Å². The molecular weight excluding hydrogens is 346 g/mol. The molecule has 2 aromatic heterocycles. The Bertz CT molecular complexity index is 762. The number of aryl methyl sites for hydroxylation is 1. The third-order valence-electron chi connectivity index (χ3n) is 5.14. The fraction of sp³-hybridized carbons (Fsp3) is 0.611. The van der Waals surface area contributed by atoms with Crippen LogP contribution in [0.5, 0.6) is 0 Å². The second-order valence-electron chi connectivity index (χ2n) is 7.00. The Balaban J connectivity index is 1.30. The minimum Gasteiger partial charge on any atom is -0.355 e. The number of aromatic nitrogens is 4. The van der Waals surface area contributed by atoms with E-state index in [1.165, 1.54) is 12.8 Å². The fourth-order valence-electron chi connectivity index (χ4n) is 3.52. The predicted octanol–water partition coefficient (Wildman–Crippen LogP) is 0.980. The van der Waals surface area contributed by atoms with Crippen molar-refractivity contribution >= 4 is 11.7 Å². The molecule has 0 bridgehead atoms. The number of amides is 1. The van der Waals surface area contributed by atoms with Gasteiger partial charge in [0.25, 0.3) is 5.91 Å². The molecule has 2 aliphatic heterocycles. The van der Waals surface area contributed by atoms with Gasteiger partial charge in [-0.3, -0.25) is 9.69 Å². The van der Waals surface area contributed by atoms with Gasteiger partial charge in [-0.1, -0.05) is 12.1 Å². The molecule has 2 fully saturated rings. The molecule has 0 N–H and O–H groups in total. The lowest BCUT2D eigenvalue weighted by Gasteiger charge is -2.33. The summed E-state index contributed by atoms with van der Waals surface area (Å²) in [6, 6.07) is 3.70. The van der Waals surface area contributed by atoms with Crippen molar-refractivity contribution in [2.45, 2.75) is 32.7 Å². The first-order valence-electron chi connectivity index (χ1n) is 9.64. The van der Waals surface area contributed by atoms with Gasteiger partial charge in [-0.05, 0) is 25.0 Å². The van der Waals surface area contributed by atoms with Crippen LogP contribution in [-0.2, 0) is 13.0 Å². The van der Waals surface area contributed by atoms with Crippen molar-refractivity contribution in [1.29, 1.82) is 0 Å². The largest absolute Gasteiger partial charge is 0.355 e. The Labute approximate surface area is 158 Å². The van der Waals surface area contributed by atoms with Crippen LogP contribution in [0.2, 0.25) is 0 Å². The summed E-state index contributed by atoms with van der Waals surface area (Å²) in [6.45, 7) is 7.55. The molecule has 9 heteroatoms. The average Bonchev–Trinajstić information content (AvgIpc) is 3.40. The molecule has 4 rings (SSSR count). The van der Waals surface area contributed by atoms with Gasteiger partial charge >= 0.3 is 0 Å². The molecule has 27 heavy (non-hydrogen) atoms. The minimum atomic E-state index is -0.0528. The van der Waals surface area contributed by atoms with Crippen LogP contribution >= 0.6 is 0 Å². The number of hydrogen-bond donors (Lipinski definition) is 0. The normalized spacial score (nSPS) is 18.3. The first-order chi connectivity index (χ1) is 13.2. The van der Waals surface area contributed by atoms with Crippen molar-refractivity contribution in [3.05, 3.63) is 29.5 Å². The summed E-state index contributed by atoms with van der Waals surface area (Å²) in [7, 11) is 0. The second kappa shape index (κ2) is 7.99. The van der Waals surface area contributed by atoms with Gasteiger partial charge in [0.05, 0.1) is 6.54 Å². The van der Waals surface area contributed by atoms with Crippen molar-refractivity contribution in [1.82, 2.24) is 30.1 Å². The highest BCUT2D eigenvalue weighted by Gasteiger charge is 2.24. The van der Waals surface area contributed by atoms with E-state index >= 15 is 0 Å². The predicted molar refractivity (Wildman–Crippen MR) is 98.3 cm³/mol. The molecule has 4 heterocycles. The van der Waals surface area contributed by atoms with E-state index in [1.807, 2.05) is 17.9 Å². The Morgan fingerprint density at radius 2 is 1.85 bits per heavy atom. The summed E-state index contributed by atoms with van der Waals surface area (Å²) in [5, 5.41) is 12.4. The fourth-order valence-corrected chi connectivity index (χ4v) is 3.52. The molecule has 2 aromatic rings. The summed E-state index contributed by atoms with van der Waals surface area (Å²) in [4.78, 5) is 23.3. The van der Waals surface area contributed by atoms with E-state index < -0.39 is 0 Å². The molecule has 0 atom stereocenters. The molecule has 2 aliphatic rings. The van der Waals surface area contributed by atoms with E-state index in [-0.39, 0.29) is 5.91 Å². The lowest BCUT2D eigenvalue weighted by molar-refractivity contribution is 0.0617. The molecule has 0 saturated carbocycles. The number of carbonyl (C=O) groups is 1. The number of nitrogens with zero attached hydrogens (tertiary/aromatic N) is 7. The Morgan fingerprint density at radius 3 is 2.48 bits per heavy atom. The highest BCUT2D eigenvalue weighted by atomic mass is 16.5. The van der Waals surface area contributed by atoms with E-state index in [2.05, 4.69) is 30.1 Å². The van der Waals surface area contributed by atoms with Crippen molar-refractivity contribution in [3.8, 4) is 0 Å². The Morgan fingerprint density at radius 1 is 1.07 bits per heavy atom. The molecule has 9 nitrogen and oxygen atoms in total. The van der Waals surface area contributed by atoms with Crippen LogP contribution in [0.15, 0.2) is 16.7 Å². The quantitative estimate of drug-likeness (QED) is 0.768. The zero-order chi connectivity index (χ0) is 18.6. The maximum atomic E-state index is 12.7. The third kappa shape index (κ3) is 4.08. The van der Waals surface area contributed by atoms with Crippen LogP contribution in [0.25, 0.3) is 0 Å². The third-order valence-corrected chi connectivity index (χ3v) is 5.14. The zero-order valence-electron chi connectivity index (χ0n) is 15.7. The number of carbonyl (C=O) groups excluding carboxylic acids is 1. The van der Waals surface area contributed by atoms with Gasteiger partial charge in [0.15, 0.2) is 17.3 Å². The number of piperazine rings is 1. The van der Waals surface area contributed by atoms with Crippen molar-refractivity contribution in [2.75, 3.05) is 44.2 Å². The van der Waals surface area contributed by atoms with Gasteiger partial charge in [-0.2, -0.15) is 4.98 Å². The van der Waals surface area contributed by atoms with Crippen LogP contribution in [0.1, 0.15) is 42.0 Å². The molecular formula is C18H25N7O2. The maximum absolute atomic E-state index is 12.7. The van der Waals surface area contributed by atoms with Crippen LogP contribution < -0.4 is 4.90 Å². The molecule has 144 valence electrons. The van der Waals surface area contributed by atoms with Gasteiger partial charge in [-0.15, -0.1) is 10.2 Å². The topological polar surface area (TPSA) is 91.5 Å². The molecule has 0 radical (unpaired) electrons. The first kappa shape index (κ1) is 17.8. The molecule has 0 unspecified atom stereocenters. The summed E-state index contributed by atoms with van der Waals surface area (Å²) in [5.41, 5.74) is 0.414. The first-order valence-corrected chi connectivity index (χ1v) is 9.64. The highest BCUT2D eigenvalue weighted by Crippen LogP contribution is 2.17. The number of rotatable bonds is 5. The monoisotopic (exact) mass is 371 g/mol. The number of anilines is 1. The molecule has 0 aromatic carbocycles. The van der Waals surface area contributed by atoms with E-state index in [4.69, 9.17) is 4.52 Å². The summed E-state index contributed by atoms with van der Waals surface area (Å²) >= 11 is 0. The number of hydrogen-bond acceptors (Lipinski definition) is 8. The van der Waals surface area contributed by atoms with Crippen molar-refractivity contribution in [2.24, 2.45) is 0 Å². The lowest BCUT2D eigenvalue weighted by atomic mass is 10.2. The molecule has 2 saturated heterocycles. The average molecular weight is 371 g/mol. The standard InChI is InChI=1S/C18H25N7O2/c1-2-17-19-15(22-27-17)13-23-9-11-25(12-10-23)18(26)14-5-6-16(21-20-14)24-7-3-4-8-24/h5-6H,2-4,7-13H2,1H3. The SMILES string of the molecule is CCc1nc(CN2CCN(C(=O)c3ccc(N4CCCC4)nn3)CC2)no1. The van der Waals surface area contributed by atoms with Gasteiger partial charge < -0.3 is 14.3 Å². The minimum absolute atomic E-state index is 0.0528.